The van der Waals surface area contributed by atoms with Crippen LogP contribution in [0, 0.1) is 13.8 Å². The lowest BCUT2D eigenvalue weighted by Crippen LogP contribution is -2.49. The zero-order chi connectivity index (χ0) is 18.5. The zero-order valence-electron chi connectivity index (χ0n) is 15.8. The maximum Gasteiger partial charge on any atom is 0.173 e. The summed E-state index contributed by atoms with van der Waals surface area (Å²) < 4.78 is 5.31. The Morgan fingerprint density at radius 1 is 1.08 bits per heavy atom. The predicted molar refractivity (Wildman–Crippen MR) is 112 cm³/mol. The van der Waals surface area contributed by atoms with Gasteiger partial charge in [0.2, 0.25) is 0 Å². The van der Waals surface area contributed by atoms with Gasteiger partial charge in [0.15, 0.2) is 5.11 Å². The summed E-state index contributed by atoms with van der Waals surface area (Å²) in [5.74, 6) is 0.917. The van der Waals surface area contributed by atoms with Crippen LogP contribution in [0.15, 0.2) is 42.5 Å². The van der Waals surface area contributed by atoms with E-state index in [0.29, 0.717) is 0 Å². The highest BCUT2D eigenvalue weighted by Crippen LogP contribution is 2.18. The number of aryl methyl sites for hydroxylation is 2. The molecule has 0 spiro atoms. The van der Waals surface area contributed by atoms with Gasteiger partial charge < -0.3 is 15.0 Å². The summed E-state index contributed by atoms with van der Waals surface area (Å²) >= 11 is 5.64. The molecule has 0 unspecified atom stereocenters. The molecule has 0 radical (unpaired) electrons. The molecule has 2 aromatic carbocycles. The molecule has 138 valence electrons. The lowest BCUT2D eigenvalue weighted by Gasteiger charge is -2.36. The van der Waals surface area contributed by atoms with Crippen LogP contribution >= 0.6 is 12.2 Å². The van der Waals surface area contributed by atoms with E-state index in [-0.39, 0.29) is 0 Å². The molecule has 3 rings (SSSR count). The average Bonchev–Trinajstić information content (AvgIpc) is 2.65. The fourth-order valence-electron chi connectivity index (χ4n) is 3.20. The molecule has 4 nitrogen and oxygen atoms in total. The Kier molecular flexibility index (Phi) is 6.12. The molecule has 1 N–H and O–H groups in total. The van der Waals surface area contributed by atoms with E-state index < -0.39 is 0 Å². The molecule has 0 amide bonds. The van der Waals surface area contributed by atoms with Gasteiger partial charge >= 0.3 is 0 Å². The van der Waals surface area contributed by atoms with E-state index in [4.69, 9.17) is 17.0 Å². The second-order valence-corrected chi connectivity index (χ2v) is 7.25. The summed E-state index contributed by atoms with van der Waals surface area (Å²) in [5.41, 5.74) is 4.85. The number of anilines is 1. The Morgan fingerprint density at radius 2 is 1.85 bits per heavy atom. The van der Waals surface area contributed by atoms with Gasteiger partial charge in [0.25, 0.3) is 0 Å². The minimum atomic E-state index is 0.819. The molecule has 2 aromatic rings. The lowest BCUT2D eigenvalue weighted by molar-refractivity contribution is 0.177. The summed E-state index contributed by atoms with van der Waals surface area (Å²) in [6, 6.07) is 14.7. The molecule has 1 aliphatic heterocycles. The number of hydrogen-bond donors (Lipinski definition) is 1. The van der Waals surface area contributed by atoms with Gasteiger partial charge in [-0.25, -0.2) is 0 Å². The van der Waals surface area contributed by atoms with E-state index in [9.17, 15) is 0 Å². The molecule has 0 atom stereocenters. The molecule has 0 aliphatic carbocycles. The van der Waals surface area contributed by atoms with Crippen LogP contribution in [0.5, 0.6) is 5.75 Å². The van der Waals surface area contributed by atoms with Gasteiger partial charge in [-0.2, -0.15) is 0 Å². The van der Waals surface area contributed by atoms with Crippen LogP contribution in [0.2, 0.25) is 0 Å². The zero-order valence-corrected chi connectivity index (χ0v) is 16.6. The number of ether oxygens (including phenoxy) is 1. The van der Waals surface area contributed by atoms with E-state index in [2.05, 4.69) is 59.3 Å². The first kappa shape index (κ1) is 18.7. The van der Waals surface area contributed by atoms with Gasteiger partial charge in [-0.05, 0) is 61.0 Å². The first-order chi connectivity index (χ1) is 12.5. The van der Waals surface area contributed by atoms with Crippen molar-refractivity contribution >= 4 is 23.0 Å². The third-order valence-corrected chi connectivity index (χ3v) is 5.19. The van der Waals surface area contributed by atoms with Crippen LogP contribution < -0.4 is 10.1 Å². The van der Waals surface area contributed by atoms with Crippen molar-refractivity contribution in [2.45, 2.75) is 20.4 Å². The van der Waals surface area contributed by atoms with E-state index in [1.807, 2.05) is 12.1 Å². The van der Waals surface area contributed by atoms with Crippen molar-refractivity contribution in [3.8, 4) is 5.75 Å². The Balaban J connectivity index is 1.52. The van der Waals surface area contributed by atoms with Crippen LogP contribution in [0.25, 0.3) is 0 Å². The van der Waals surface area contributed by atoms with Crippen molar-refractivity contribution in [1.82, 2.24) is 9.80 Å². The number of thiocarbonyl (C=S) groups is 1. The van der Waals surface area contributed by atoms with Crippen LogP contribution in [-0.4, -0.2) is 48.2 Å². The normalized spacial score (nSPS) is 15.0. The summed E-state index contributed by atoms with van der Waals surface area (Å²) in [6.45, 7) is 9.06. The number of nitrogens with zero attached hydrogens (tertiary/aromatic N) is 2. The number of rotatable bonds is 4. The minimum Gasteiger partial charge on any atom is -0.497 e. The Labute approximate surface area is 161 Å². The van der Waals surface area contributed by atoms with Gasteiger partial charge in [0, 0.05) is 38.4 Å². The van der Waals surface area contributed by atoms with Crippen molar-refractivity contribution in [1.29, 1.82) is 0 Å². The molecule has 1 heterocycles. The summed E-state index contributed by atoms with van der Waals surface area (Å²) in [6.07, 6.45) is 0. The largest absolute Gasteiger partial charge is 0.497 e. The molecular formula is C21H27N3OS. The number of benzene rings is 2. The second-order valence-electron chi connectivity index (χ2n) is 6.86. The van der Waals surface area contributed by atoms with Gasteiger partial charge in [-0.15, -0.1) is 0 Å². The SMILES string of the molecule is COc1cccc(CN2CCN(C(=S)Nc3cc(C)ccc3C)CC2)c1. The third-order valence-electron chi connectivity index (χ3n) is 4.83. The van der Waals surface area contributed by atoms with Gasteiger partial charge in [-0.1, -0.05) is 24.3 Å². The fraction of sp³-hybridized carbons (Fsp3) is 0.381. The highest BCUT2D eigenvalue weighted by Gasteiger charge is 2.19. The maximum absolute atomic E-state index is 5.64. The Morgan fingerprint density at radius 3 is 2.58 bits per heavy atom. The molecule has 0 saturated carbocycles. The maximum atomic E-state index is 5.64. The smallest absolute Gasteiger partial charge is 0.173 e. The number of nitrogens with one attached hydrogen (secondary N) is 1. The van der Waals surface area contributed by atoms with Crippen LogP contribution in [-0.2, 0) is 6.54 Å². The summed E-state index contributed by atoms with van der Waals surface area (Å²) in [5, 5.41) is 4.24. The molecule has 5 heteroatoms. The molecular weight excluding hydrogens is 342 g/mol. The number of methoxy groups -OCH3 is 1. The summed E-state index contributed by atoms with van der Waals surface area (Å²) in [7, 11) is 1.71. The van der Waals surface area contributed by atoms with Crippen LogP contribution in [0.4, 0.5) is 5.69 Å². The molecule has 26 heavy (non-hydrogen) atoms. The van der Waals surface area contributed by atoms with Crippen LogP contribution in [0.1, 0.15) is 16.7 Å². The van der Waals surface area contributed by atoms with E-state index in [1.165, 1.54) is 16.7 Å². The van der Waals surface area contributed by atoms with Gasteiger partial charge in [0.05, 0.1) is 7.11 Å². The predicted octanol–water partition coefficient (Wildman–Crippen LogP) is 3.83. The Bertz CT molecular complexity index is 770. The lowest BCUT2D eigenvalue weighted by atomic mass is 10.1. The molecule has 0 bridgehead atoms. The van der Waals surface area contributed by atoms with Crippen molar-refractivity contribution in [3.63, 3.8) is 0 Å². The Hall–Kier alpha value is -2.11. The summed E-state index contributed by atoms with van der Waals surface area (Å²) in [4.78, 5) is 4.73. The third kappa shape index (κ3) is 4.74. The van der Waals surface area contributed by atoms with Crippen molar-refractivity contribution in [2.24, 2.45) is 0 Å². The monoisotopic (exact) mass is 369 g/mol. The van der Waals surface area contributed by atoms with E-state index in [0.717, 1.165) is 49.3 Å². The van der Waals surface area contributed by atoms with Crippen molar-refractivity contribution in [3.05, 3.63) is 59.2 Å². The first-order valence-corrected chi connectivity index (χ1v) is 9.44. The molecule has 0 aromatic heterocycles. The van der Waals surface area contributed by atoms with E-state index >= 15 is 0 Å². The van der Waals surface area contributed by atoms with Gasteiger partial charge in [0.1, 0.15) is 5.75 Å². The number of piperazine rings is 1. The number of hydrogen-bond acceptors (Lipinski definition) is 3. The first-order valence-electron chi connectivity index (χ1n) is 9.03. The van der Waals surface area contributed by atoms with Crippen LogP contribution in [0.3, 0.4) is 0 Å². The molecule has 1 fully saturated rings. The van der Waals surface area contributed by atoms with Gasteiger partial charge in [-0.3, -0.25) is 4.90 Å². The van der Waals surface area contributed by atoms with E-state index in [1.54, 1.807) is 7.11 Å². The highest BCUT2D eigenvalue weighted by molar-refractivity contribution is 7.80. The fourth-order valence-corrected chi connectivity index (χ4v) is 3.50. The highest BCUT2D eigenvalue weighted by atomic mass is 32.1. The van der Waals surface area contributed by atoms with Crippen molar-refractivity contribution in [2.75, 3.05) is 38.6 Å². The quantitative estimate of drug-likeness (QED) is 0.827. The topological polar surface area (TPSA) is 27.7 Å². The molecule has 1 aliphatic rings. The molecule has 1 saturated heterocycles. The standard InChI is InChI=1S/C21H27N3OS/c1-16-7-8-17(2)20(13-16)22-21(26)24-11-9-23(10-12-24)15-18-5-4-6-19(14-18)25-3/h4-8,13-14H,9-12,15H2,1-3H3,(H,22,26). The average molecular weight is 370 g/mol. The second kappa shape index (κ2) is 8.52. The van der Waals surface area contributed by atoms with Crippen molar-refractivity contribution < 1.29 is 4.74 Å². The minimum absolute atomic E-state index is 0.819.